The number of allylic oxidation sites excluding steroid dienone is 2. The maximum atomic E-state index is 13.6. The van der Waals surface area contributed by atoms with Gasteiger partial charge >= 0.3 is 0 Å². The van der Waals surface area contributed by atoms with E-state index in [2.05, 4.69) is 0 Å². The third-order valence-electron chi connectivity index (χ3n) is 2.50. The molecule has 0 radical (unpaired) electrons. The normalized spacial score (nSPS) is 12.5. The number of nitriles is 1. The predicted octanol–water partition coefficient (Wildman–Crippen LogP) is 4.34. The molecule has 0 fully saturated rings. The first kappa shape index (κ1) is 15.2. The van der Waals surface area contributed by atoms with E-state index in [0.29, 0.717) is 0 Å². The summed E-state index contributed by atoms with van der Waals surface area (Å²) in [6.45, 7) is 4.48. The Morgan fingerprint density at radius 2 is 1.26 bits per heavy atom. The standard InChI is InChI=1S/C13H10F5N/c1-13(2,3)6(4-5-19)7-8(14)10(16)12(18)11(17)9(7)15/h4H,1-3H3. The average molecular weight is 275 g/mol. The molecule has 1 aromatic carbocycles. The molecule has 0 amide bonds. The molecule has 0 aromatic heterocycles. The van der Waals surface area contributed by atoms with Crippen LogP contribution in [0.4, 0.5) is 22.0 Å². The van der Waals surface area contributed by atoms with Gasteiger partial charge in [-0.15, -0.1) is 0 Å². The molecule has 19 heavy (non-hydrogen) atoms. The summed E-state index contributed by atoms with van der Waals surface area (Å²) in [4.78, 5) is 0. The van der Waals surface area contributed by atoms with Gasteiger partial charge in [0.15, 0.2) is 23.3 Å². The molecule has 0 bridgehead atoms. The molecule has 0 heterocycles. The van der Waals surface area contributed by atoms with Gasteiger partial charge in [-0.25, -0.2) is 22.0 Å². The first-order chi connectivity index (χ1) is 8.62. The Hall–Kier alpha value is -1.90. The van der Waals surface area contributed by atoms with Crippen LogP contribution in [0.25, 0.3) is 5.57 Å². The van der Waals surface area contributed by atoms with Crippen molar-refractivity contribution in [2.24, 2.45) is 5.41 Å². The minimum absolute atomic E-state index is 0.261. The third kappa shape index (κ3) is 2.60. The molecule has 0 saturated carbocycles. The van der Waals surface area contributed by atoms with Crippen molar-refractivity contribution >= 4 is 5.57 Å². The van der Waals surface area contributed by atoms with E-state index in [-0.39, 0.29) is 5.57 Å². The number of hydrogen-bond acceptors (Lipinski definition) is 1. The molecule has 0 unspecified atom stereocenters. The lowest BCUT2D eigenvalue weighted by Crippen LogP contribution is -2.15. The SMILES string of the molecule is CC(C)(C)C(=CC#N)c1c(F)c(F)c(F)c(F)c1F. The zero-order chi connectivity index (χ0) is 15.0. The smallest absolute Gasteiger partial charge is 0.200 e. The van der Waals surface area contributed by atoms with Gasteiger partial charge < -0.3 is 0 Å². The van der Waals surface area contributed by atoms with Crippen molar-refractivity contribution < 1.29 is 22.0 Å². The molecule has 0 aliphatic heterocycles. The molecule has 0 atom stereocenters. The number of halogens is 5. The molecule has 102 valence electrons. The Morgan fingerprint density at radius 1 is 0.895 bits per heavy atom. The Bertz CT molecular complexity index is 562. The highest BCUT2D eigenvalue weighted by Crippen LogP contribution is 2.38. The Balaban J connectivity index is 3.78. The summed E-state index contributed by atoms with van der Waals surface area (Å²) in [7, 11) is 0. The van der Waals surface area contributed by atoms with E-state index in [1.165, 1.54) is 20.8 Å². The summed E-state index contributed by atoms with van der Waals surface area (Å²) >= 11 is 0. The van der Waals surface area contributed by atoms with Gasteiger partial charge in [-0.1, -0.05) is 20.8 Å². The van der Waals surface area contributed by atoms with E-state index in [9.17, 15) is 22.0 Å². The molecular formula is C13H10F5N. The van der Waals surface area contributed by atoms with Crippen molar-refractivity contribution in [3.8, 4) is 6.07 Å². The first-order valence-corrected chi connectivity index (χ1v) is 5.25. The molecule has 0 spiro atoms. The Morgan fingerprint density at radius 3 is 1.58 bits per heavy atom. The highest BCUT2D eigenvalue weighted by atomic mass is 19.2. The first-order valence-electron chi connectivity index (χ1n) is 5.25. The van der Waals surface area contributed by atoms with Crippen LogP contribution < -0.4 is 0 Å². The van der Waals surface area contributed by atoms with Crippen LogP contribution in [0, 0.1) is 45.8 Å². The lowest BCUT2D eigenvalue weighted by atomic mass is 9.81. The molecule has 0 aliphatic rings. The van der Waals surface area contributed by atoms with Gasteiger partial charge in [0.05, 0.1) is 11.6 Å². The van der Waals surface area contributed by atoms with E-state index < -0.39 is 40.1 Å². The van der Waals surface area contributed by atoms with Crippen molar-refractivity contribution in [1.82, 2.24) is 0 Å². The lowest BCUT2D eigenvalue weighted by molar-refractivity contribution is 0.374. The van der Waals surface area contributed by atoms with E-state index >= 15 is 0 Å². The minimum atomic E-state index is -2.22. The van der Waals surface area contributed by atoms with Crippen LogP contribution >= 0.6 is 0 Å². The maximum absolute atomic E-state index is 13.6. The van der Waals surface area contributed by atoms with E-state index in [1.54, 1.807) is 6.07 Å². The topological polar surface area (TPSA) is 23.8 Å². The quantitative estimate of drug-likeness (QED) is 0.324. The molecule has 6 heteroatoms. The fourth-order valence-electron chi connectivity index (χ4n) is 1.57. The van der Waals surface area contributed by atoms with Crippen LogP contribution in [0.2, 0.25) is 0 Å². The molecular weight excluding hydrogens is 265 g/mol. The highest BCUT2D eigenvalue weighted by molar-refractivity contribution is 5.72. The highest BCUT2D eigenvalue weighted by Gasteiger charge is 2.31. The monoisotopic (exact) mass is 275 g/mol. The maximum Gasteiger partial charge on any atom is 0.200 e. The summed E-state index contributed by atoms with van der Waals surface area (Å²) in [5.41, 5.74) is -2.29. The summed E-state index contributed by atoms with van der Waals surface area (Å²) < 4.78 is 66.4. The van der Waals surface area contributed by atoms with Crippen LogP contribution in [0.5, 0.6) is 0 Å². The summed E-state index contributed by atoms with van der Waals surface area (Å²) in [6.07, 6.45) is 0.776. The second-order valence-electron chi connectivity index (χ2n) is 4.88. The lowest BCUT2D eigenvalue weighted by Gasteiger charge is -2.23. The van der Waals surface area contributed by atoms with Crippen molar-refractivity contribution in [3.05, 3.63) is 40.7 Å². The van der Waals surface area contributed by atoms with Crippen LogP contribution in [0.3, 0.4) is 0 Å². The second kappa shape index (κ2) is 5.00. The van der Waals surface area contributed by atoms with Gasteiger partial charge in [-0.3, -0.25) is 0 Å². The number of hydrogen-bond donors (Lipinski definition) is 0. The van der Waals surface area contributed by atoms with Gasteiger partial charge in [0.1, 0.15) is 0 Å². The number of nitrogens with zero attached hydrogens (tertiary/aromatic N) is 1. The van der Waals surface area contributed by atoms with Crippen LogP contribution in [-0.4, -0.2) is 0 Å². The minimum Gasteiger partial charge on any atom is -0.203 e. The second-order valence-corrected chi connectivity index (χ2v) is 4.88. The van der Waals surface area contributed by atoms with E-state index in [1.807, 2.05) is 0 Å². The van der Waals surface area contributed by atoms with E-state index in [4.69, 9.17) is 5.26 Å². The number of benzene rings is 1. The largest absolute Gasteiger partial charge is 0.203 e. The molecule has 0 saturated heterocycles. The van der Waals surface area contributed by atoms with Crippen LogP contribution in [0.15, 0.2) is 6.08 Å². The van der Waals surface area contributed by atoms with Crippen LogP contribution in [-0.2, 0) is 0 Å². The molecule has 0 aliphatic carbocycles. The summed E-state index contributed by atoms with van der Waals surface area (Å²) in [5, 5.41) is 8.60. The van der Waals surface area contributed by atoms with Gasteiger partial charge in [0.25, 0.3) is 0 Å². The van der Waals surface area contributed by atoms with Crippen molar-refractivity contribution in [2.75, 3.05) is 0 Å². The molecule has 1 aromatic rings. The van der Waals surface area contributed by atoms with Gasteiger partial charge in [0, 0.05) is 6.08 Å². The molecule has 0 N–H and O–H groups in total. The van der Waals surface area contributed by atoms with E-state index in [0.717, 1.165) is 6.08 Å². The fraction of sp³-hybridized carbons (Fsp3) is 0.308. The average Bonchev–Trinajstić information content (AvgIpc) is 2.32. The van der Waals surface area contributed by atoms with Crippen molar-refractivity contribution in [2.45, 2.75) is 20.8 Å². The zero-order valence-corrected chi connectivity index (χ0v) is 10.4. The van der Waals surface area contributed by atoms with Gasteiger partial charge in [-0.2, -0.15) is 5.26 Å². The van der Waals surface area contributed by atoms with Crippen LogP contribution in [0.1, 0.15) is 26.3 Å². The summed E-state index contributed by atoms with van der Waals surface area (Å²) in [6, 6.07) is 1.55. The van der Waals surface area contributed by atoms with Crippen molar-refractivity contribution in [1.29, 1.82) is 5.26 Å². The van der Waals surface area contributed by atoms with Crippen molar-refractivity contribution in [3.63, 3.8) is 0 Å². The number of rotatable bonds is 1. The Labute approximate surface area is 107 Å². The zero-order valence-electron chi connectivity index (χ0n) is 10.4. The van der Waals surface area contributed by atoms with Gasteiger partial charge in [0.2, 0.25) is 5.82 Å². The third-order valence-corrected chi connectivity index (χ3v) is 2.50. The predicted molar refractivity (Wildman–Crippen MR) is 59.3 cm³/mol. The summed E-state index contributed by atoms with van der Waals surface area (Å²) in [5.74, 6) is -10.1. The fourth-order valence-corrected chi connectivity index (χ4v) is 1.57. The Kier molecular flexibility index (Phi) is 3.99. The molecule has 1 rings (SSSR count). The molecule has 1 nitrogen and oxygen atoms in total. The van der Waals surface area contributed by atoms with Gasteiger partial charge in [-0.05, 0) is 11.0 Å².